The topological polar surface area (TPSA) is 25.2 Å². The summed E-state index contributed by atoms with van der Waals surface area (Å²) in [6.45, 7) is 6.36. The van der Waals surface area contributed by atoms with Crippen LogP contribution < -0.4 is 0 Å². The molecule has 0 unspecified atom stereocenters. The molecule has 0 spiro atoms. The van der Waals surface area contributed by atoms with Crippen LogP contribution in [0.4, 0.5) is 5.69 Å². The fourth-order valence-corrected chi connectivity index (χ4v) is 4.01. The molecule has 2 aromatic carbocycles. The Hall–Kier alpha value is -2.26. The Kier molecular flexibility index (Phi) is 3.38. The van der Waals surface area contributed by atoms with Crippen molar-refractivity contribution in [3.05, 3.63) is 58.5 Å². The number of nitrogens with zero attached hydrogens (tertiary/aromatic N) is 2. The second-order valence-electron chi connectivity index (χ2n) is 6.19. The lowest BCUT2D eigenvalue weighted by Gasteiger charge is -2.04. The summed E-state index contributed by atoms with van der Waals surface area (Å²) in [6.07, 6.45) is 0.957. The Morgan fingerprint density at radius 2 is 1.87 bits per heavy atom. The average Bonchev–Trinajstić information content (AvgIpc) is 3.12. The van der Waals surface area contributed by atoms with Crippen LogP contribution >= 0.6 is 11.3 Å². The van der Waals surface area contributed by atoms with E-state index in [1.165, 1.54) is 28.0 Å². The fraction of sp³-hybridized carbons (Fsp3) is 0.200. The predicted molar refractivity (Wildman–Crippen MR) is 98.9 cm³/mol. The van der Waals surface area contributed by atoms with Crippen LogP contribution in [0.15, 0.2) is 46.8 Å². The molecule has 0 amide bonds. The lowest BCUT2D eigenvalue weighted by molar-refractivity contribution is 1.33. The molecule has 3 aromatic rings. The zero-order valence-electron chi connectivity index (χ0n) is 13.6. The molecule has 0 N–H and O–H groups in total. The maximum atomic E-state index is 4.89. The summed E-state index contributed by atoms with van der Waals surface area (Å²) >= 11 is 1.70. The first-order valence-corrected chi connectivity index (χ1v) is 8.69. The van der Waals surface area contributed by atoms with Crippen LogP contribution in [0.2, 0.25) is 0 Å². The van der Waals surface area contributed by atoms with Gasteiger partial charge >= 0.3 is 0 Å². The van der Waals surface area contributed by atoms with E-state index in [0.29, 0.717) is 0 Å². The zero-order chi connectivity index (χ0) is 16.0. The van der Waals surface area contributed by atoms with Crippen molar-refractivity contribution < 1.29 is 0 Å². The Morgan fingerprint density at radius 3 is 2.70 bits per heavy atom. The second-order valence-corrected chi connectivity index (χ2v) is 7.05. The predicted octanol–water partition coefficient (Wildman–Crippen LogP) is 5.74. The van der Waals surface area contributed by atoms with E-state index in [1.54, 1.807) is 11.3 Å². The largest absolute Gasteiger partial charge is 0.257 e. The molecule has 23 heavy (non-hydrogen) atoms. The third-order valence-corrected chi connectivity index (χ3v) is 5.14. The third-order valence-electron chi connectivity index (χ3n) is 4.26. The smallest absolute Gasteiger partial charge is 0.126 e. The maximum Gasteiger partial charge on any atom is 0.126 e. The zero-order valence-corrected chi connectivity index (χ0v) is 14.4. The summed E-state index contributed by atoms with van der Waals surface area (Å²) in [5.74, 6) is 0. The fourth-order valence-electron chi connectivity index (χ4n) is 3.17. The number of rotatable bonds is 2. The monoisotopic (exact) mass is 318 g/mol. The summed E-state index contributed by atoms with van der Waals surface area (Å²) in [6, 6.07) is 12.9. The highest BCUT2D eigenvalue weighted by Gasteiger charge is 2.18. The highest BCUT2D eigenvalue weighted by Crippen LogP contribution is 2.40. The van der Waals surface area contributed by atoms with Crippen molar-refractivity contribution in [2.45, 2.75) is 27.2 Å². The van der Waals surface area contributed by atoms with Crippen LogP contribution in [0, 0.1) is 13.8 Å². The number of aryl methyl sites for hydroxylation is 2. The first-order chi connectivity index (χ1) is 11.1. The molecule has 2 heterocycles. The van der Waals surface area contributed by atoms with Crippen LogP contribution in [-0.2, 0) is 6.42 Å². The van der Waals surface area contributed by atoms with Gasteiger partial charge in [-0.1, -0.05) is 35.9 Å². The summed E-state index contributed by atoms with van der Waals surface area (Å²) in [5.41, 5.74) is 9.57. The molecule has 0 atom stereocenters. The van der Waals surface area contributed by atoms with Gasteiger partial charge in [0.2, 0.25) is 0 Å². The molecule has 0 saturated carbocycles. The van der Waals surface area contributed by atoms with E-state index in [1.807, 2.05) is 0 Å². The molecule has 0 bridgehead atoms. The van der Waals surface area contributed by atoms with Crippen LogP contribution in [-0.4, -0.2) is 10.7 Å². The maximum absolute atomic E-state index is 4.89. The summed E-state index contributed by atoms with van der Waals surface area (Å²) < 4.78 is 0. The van der Waals surface area contributed by atoms with Gasteiger partial charge in [-0.05, 0) is 38.0 Å². The number of hydrogen-bond donors (Lipinski definition) is 0. The molecule has 4 rings (SSSR count). The molecule has 0 aliphatic carbocycles. The summed E-state index contributed by atoms with van der Waals surface area (Å²) in [4.78, 5) is 9.62. The van der Waals surface area contributed by atoms with E-state index < -0.39 is 0 Å². The van der Waals surface area contributed by atoms with E-state index in [-0.39, 0.29) is 0 Å². The lowest BCUT2D eigenvalue weighted by Crippen LogP contribution is -1.88. The van der Waals surface area contributed by atoms with Gasteiger partial charge in [-0.15, -0.1) is 11.3 Å². The molecule has 1 aromatic heterocycles. The van der Waals surface area contributed by atoms with E-state index in [2.05, 4.69) is 62.5 Å². The number of para-hydroxylation sites is 1. The Bertz CT molecular complexity index is 935. The number of fused-ring (bicyclic) bond motifs is 1. The number of aliphatic imine (C=N–C) groups is 1. The molecule has 3 heteroatoms. The molecule has 0 radical (unpaired) electrons. The average molecular weight is 318 g/mol. The van der Waals surface area contributed by atoms with E-state index in [9.17, 15) is 0 Å². The van der Waals surface area contributed by atoms with Crippen molar-refractivity contribution >= 4 is 22.7 Å². The first-order valence-electron chi connectivity index (χ1n) is 7.81. The first kappa shape index (κ1) is 14.3. The van der Waals surface area contributed by atoms with Gasteiger partial charge in [-0.2, -0.15) is 0 Å². The normalized spacial score (nSPS) is 13.1. The quantitative estimate of drug-likeness (QED) is 0.591. The Labute approximate surface area is 140 Å². The van der Waals surface area contributed by atoms with E-state index >= 15 is 0 Å². The molecule has 0 saturated heterocycles. The number of aromatic nitrogens is 1. The standard InChI is InChI=1S/C20H18N2S/c1-12-7-8-16(13(2)9-12)18-11-23-20(22-18)17-6-4-5-15-10-14(3)21-19(15)17/h4-9,11H,10H2,1-3H3. The molecular weight excluding hydrogens is 300 g/mol. The number of benzene rings is 2. The van der Waals surface area contributed by atoms with Crippen molar-refractivity contribution in [2.75, 3.05) is 0 Å². The highest BCUT2D eigenvalue weighted by atomic mass is 32.1. The van der Waals surface area contributed by atoms with Crippen LogP contribution in [0.25, 0.3) is 21.8 Å². The van der Waals surface area contributed by atoms with Gasteiger partial charge in [-0.3, -0.25) is 4.99 Å². The molecule has 0 fully saturated rings. The molecule has 114 valence electrons. The van der Waals surface area contributed by atoms with Crippen LogP contribution in [0.5, 0.6) is 0 Å². The van der Waals surface area contributed by atoms with Gasteiger partial charge in [0.15, 0.2) is 0 Å². The van der Waals surface area contributed by atoms with E-state index in [4.69, 9.17) is 9.98 Å². The Balaban J connectivity index is 1.79. The summed E-state index contributed by atoms with van der Waals surface area (Å²) in [5, 5.41) is 3.20. The minimum atomic E-state index is 0.957. The van der Waals surface area contributed by atoms with Crippen LogP contribution in [0.1, 0.15) is 23.6 Å². The van der Waals surface area contributed by atoms with Gasteiger partial charge in [0.25, 0.3) is 0 Å². The summed E-state index contributed by atoms with van der Waals surface area (Å²) in [7, 11) is 0. The van der Waals surface area contributed by atoms with Gasteiger partial charge in [-0.25, -0.2) is 4.98 Å². The lowest BCUT2D eigenvalue weighted by atomic mass is 10.0. The molecular formula is C20H18N2S. The van der Waals surface area contributed by atoms with E-state index in [0.717, 1.165) is 28.4 Å². The highest BCUT2D eigenvalue weighted by molar-refractivity contribution is 7.13. The van der Waals surface area contributed by atoms with Gasteiger partial charge in [0, 0.05) is 28.6 Å². The van der Waals surface area contributed by atoms with Crippen molar-refractivity contribution in [1.82, 2.24) is 4.98 Å². The number of thiazole rings is 1. The second kappa shape index (κ2) is 5.43. The minimum absolute atomic E-state index is 0.957. The minimum Gasteiger partial charge on any atom is -0.257 e. The van der Waals surface area contributed by atoms with Gasteiger partial charge < -0.3 is 0 Å². The van der Waals surface area contributed by atoms with Crippen LogP contribution in [0.3, 0.4) is 0 Å². The third kappa shape index (κ3) is 2.51. The Morgan fingerprint density at radius 1 is 1.00 bits per heavy atom. The van der Waals surface area contributed by atoms with Gasteiger partial charge in [0.1, 0.15) is 5.01 Å². The molecule has 1 aliphatic heterocycles. The van der Waals surface area contributed by atoms with Crippen molar-refractivity contribution in [2.24, 2.45) is 4.99 Å². The molecule has 1 aliphatic rings. The van der Waals surface area contributed by atoms with Crippen molar-refractivity contribution in [3.63, 3.8) is 0 Å². The van der Waals surface area contributed by atoms with Crippen molar-refractivity contribution in [1.29, 1.82) is 0 Å². The molecule has 2 nitrogen and oxygen atoms in total. The number of hydrogen-bond acceptors (Lipinski definition) is 3. The van der Waals surface area contributed by atoms with Crippen molar-refractivity contribution in [3.8, 4) is 21.8 Å². The van der Waals surface area contributed by atoms with Gasteiger partial charge in [0.05, 0.1) is 11.4 Å². The SMILES string of the molecule is CC1=Nc2c(cccc2-c2nc(-c3ccc(C)cc3C)cs2)C1.